The van der Waals surface area contributed by atoms with Gasteiger partial charge in [-0.3, -0.25) is 0 Å². The Balaban J connectivity index is 1.98. The van der Waals surface area contributed by atoms with Crippen molar-refractivity contribution in [3.63, 3.8) is 0 Å². The molecule has 0 atom stereocenters. The smallest absolute Gasteiger partial charge is 0.223 e. The molecule has 0 bridgehead atoms. The molecular formula is C13H18N2OS. The standard InChI is InChI=1S/C13H18N2OS/c1-9-5-7-15-13(11(9)12(14)17)16-8-6-10-3-2-4-10/h5,7,10H,2-4,6,8H2,1H3,(H2,14,17). The Labute approximate surface area is 107 Å². The van der Waals surface area contributed by atoms with Crippen LogP contribution in [0, 0.1) is 12.8 Å². The third-order valence-electron chi connectivity index (χ3n) is 3.36. The van der Waals surface area contributed by atoms with Crippen molar-refractivity contribution in [2.75, 3.05) is 6.61 Å². The topological polar surface area (TPSA) is 48.1 Å². The molecule has 1 fully saturated rings. The van der Waals surface area contributed by atoms with Crippen molar-refractivity contribution in [1.29, 1.82) is 0 Å². The highest BCUT2D eigenvalue weighted by atomic mass is 32.1. The van der Waals surface area contributed by atoms with Crippen LogP contribution in [0.25, 0.3) is 0 Å². The van der Waals surface area contributed by atoms with Crippen molar-refractivity contribution in [1.82, 2.24) is 4.98 Å². The minimum Gasteiger partial charge on any atom is -0.477 e. The van der Waals surface area contributed by atoms with Crippen LogP contribution in [0.2, 0.25) is 0 Å². The van der Waals surface area contributed by atoms with Gasteiger partial charge in [0.25, 0.3) is 0 Å². The van der Waals surface area contributed by atoms with Crippen LogP contribution in [0.5, 0.6) is 5.88 Å². The van der Waals surface area contributed by atoms with Gasteiger partial charge >= 0.3 is 0 Å². The fourth-order valence-electron chi connectivity index (χ4n) is 2.05. The van der Waals surface area contributed by atoms with Gasteiger partial charge in [0.15, 0.2) is 0 Å². The van der Waals surface area contributed by atoms with E-state index in [1.165, 1.54) is 19.3 Å². The van der Waals surface area contributed by atoms with Gasteiger partial charge in [-0.2, -0.15) is 0 Å². The molecule has 92 valence electrons. The predicted octanol–water partition coefficient (Wildman–Crippen LogP) is 2.59. The van der Waals surface area contributed by atoms with E-state index in [2.05, 4.69) is 4.98 Å². The average Bonchev–Trinajstić information content (AvgIpc) is 2.21. The zero-order chi connectivity index (χ0) is 12.3. The van der Waals surface area contributed by atoms with Crippen LogP contribution in [-0.4, -0.2) is 16.6 Å². The lowest BCUT2D eigenvalue weighted by Gasteiger charge is -2.25. The molecule has 1 aromatic rings. The first-order valence-electron chi connectivity index (χ1n) is 6.06. The first-order valence-corrected chi connectivity index (χ1v) is 6.47. The number of rotatable bonds is 5. The number of hydrogen-bond acceptors (Lipinski definition) is 3. The number of nitrogens with zero attached hydrogens (tertiary/aromatic N) is 1. The van der Waals surface area contributed by atoms with Crippen LogP contribution in [0.1, 0.15) is 36.8 Å². The molecule has 1 heterocycles. The van der Waals surface area contributed by atoms with Crippen LogP contribution < -0.4 is 10.5 Å². The molecule has 2 N–H and O–H groups in total. The van der Waals surface area contributed by atoms with E-state index < -0.39 is 0 Å². The lowest BCUT2D eigenvalue weighted by molar-refractivity contribution is 0.217. The van der Waals surface area contributed by atoms with Gasteiger partial charge < -0.3 is 10.5 Å². The minimum absolute atomic E-state index is 0.356. The van der Waals surface area contributed by atoms with Crippen LogP contribution in [0.15, 0.2) is 12.3 Å². The van der Waals surface area contributed by atoms with Crippen molar-refractivity contribution in [2.45, 2.75) is 32.6 Å². The quantitative estimate of drug-likeness (QED) is 0.816. The Kier molecular flexibility index (Phi) is 3.94. The Morgan fingerprint density at radius 2 is 2.35 bits per heavy atom. The molecule has 0 unspecified atom stereocenters. The number of aromatic nitrogens is 1. The molecule has 17 heavy (non-hydrogen) atoms. The minimum atomic E-state index is 0.356. The highest BCUT2D eigenvalue weighted by Crippen LogP contribution is 2.29. The maximum atomic E-state index is 5.71. The summed E-state index contributed by atoms with van der Waals surface area (Å²) >= 11 is 5.03. The summed E-state index contributed by atoms with van der Waals surface area (Å²) in [5.41, 5.74) is 7.49. The van der Waals surface area contributed by atoms with Crippen LogP contribution in [0.4, 0.5) is 0 Å². The van der Waals surface area contributed by atoms with Gasteiger partial charge in [0.2, 0.25) is 5.88 Å². The SMILES string of the molecule is Cc1ccnc(OCCC2CCC2)c1C(N)=S. The summed E-state index contributed by atoms with van der Waals surface area (Å²) in [6.45, 7) is 2.67. The van der Waals surface area contributed by atoms with E-state index in [0.29, 0.717) is 17.5 Å². The van der Waals surface area contributed by atoms with E-state index in [-0.39, 0.29) is 0 Å². The van der Waals surface area contributed by atoms with E-state index in [9.17, 15) is 0 Å². The van der Waals surface area contributed by atoms with Crippen molar-refractivity contribution < 1.29 is 4.74 Å². The number of nitrogens with two attached hydrogens (primary N) is 1. The first-order chi connectivity index (χ1) is 8.18. The summed E-state index contributed by atoms with van der Waals surface area (Å²) in [6, 6.07) is 1.90. The zero-order valence-electron chi connectivity index (χ0n) is 10.1. The summed E-state index contributed by atoms with van der Waals surface area (Å²) < 4.78 is 5.71. The third kappa shape index (κ3) is 2.94. The van der Waals surface area contributed by atoms with Crippen LogP contribution in [0.3, 0.4) is 0 Å². The fraction of sp³-hybridized carbons (Fsp3) is 0.538. The number of hydrogen-bond donors (Lipinski definition) is 1. The number of pyridine rings is 1. The molecule has 0 amide bonds. The molecule has 0 spiro atoms. The third-order valence-corrected chi connectivity index (χ3v) is 3.56. The number of thiocarbonyl (C=S) groups is 1. The Morgan fingerprint density at radius 3 is 2.94 bits per heavy atom. The van der Waals surface area contributed by atoms with E-state index in [1.807, 2.05) is 13.0 Å². The highest BCUT2D eigenvalue weighted by molar-refractivity contribution is 7.80. The van der Waals surface area contributed by atoms with Gasteiger partial charge in [0, 0.05) is 6.20 Å². The van der Waals surface area contributed by atoms with Crippen molar-refractivity contribution in [3.05, 3.63) is 23.4 Å². The summed E-state index contributed by atoms with van der Waals surface area (Å²) in [5, 5.41) is 0. The van der Waals surface area contributed by atoms with Crippen molar-refractivity contribution in [2.24, 2.45) is 11.7 Å². The zero-order valence-corrected chi connectivity index (χ0v) is 10.9. The summed E-state index contributed by atoms with van der Waals surface area (Å²) in [7, 11) is 0. The second kappa shape index (κ2) is 5.45. The fourth-order valence-corrected chi connectivity index (χ4v) is 2.29. The number of aryl methyl sites for hydroxylation is 1. The van der Waals surface area contributed by atoms with Gasteiger partial charge in [0.1, 0.15) is 4.99 Å². The average molecular weight is 250 g/mol. The molecule has 0 radical (unpaired) electrons. The van der Waals surface area contributed by atoms with Crippen LogP contribution in [-0.2, 0) is 0 Å². The Bertz CT molecular complexity index is 416. The summed E-state index contributed by atoms with van der Waals surface area (Å²) in [4.78, 5) is 4.57. The second-order valence-electron chi connectivity index (χ2n) is 4.61. The number of ether oxygens (including phenoxy) is 1. The van der Waals surface area contributed by atoms with Gasteiger partial charge in [-0.15, -0.1) is 0 Å². The lowest BCUT2D eigenvalue weighted by Crippen LogP contribution is -2.17. The molecule has 1 saturated carbocycles. The van der Waals surface area contributed by atoms with E-state index >= 15 is 0 Å². The molecule has 0 saturated heterocycles. The van der Waals surface area contributed by atoms with Crippen LogP contribution >= 0.6 is 12.2 Å². The largest absolute Gasteiger partial charge is 0.477 e. The molecule has 3 nitrogen and oxygen atoms in total. The molecule has 2 rings (SSSR count). The first kappa shape index (κ1) is 12.3. The maximum Gasteiger partial charge on any atom is 0.223 e. The highest BCUT2D eigenvalue weighted by Gasteiger charge is 2.18. The maximum absolute atomic E-state index is 5.71. The molecule has 1 aromatic heterocycles. The van der Waals surface area contributed by atoms with Gasteiger partial charge in [-0.1, -0.05) is 31.5 Å². The summed E-state index contributed by atoms with van der Waals surface area (Å²) in [6.07, 6.45) is 6.88. The molecule has 0 aliphatic heterocycles. The lowest BCUT2D eigenvalue weighted by atomic mass is 9.83. The molecular weight excluding hydrogens is 232 g/mol. The predicted molar refractivity (Wildman–Crippen MR) is 72.3 cm³/mol. The Hall–Kier alpha value is -1.16. The summed E-state index contributed by atoms with van der Waals surface area (Å²) in [5.74, 6) is 1.42. The molecule has 0 aromatic carbocycles. The van der Waals surface area contributed by atoms with Gasteiger partial charge in [0.05, 0.1) is 12.2 Å². The van der Waals surface area contributed by atoms with E-state index in [0.717, 1.165) is 23.5 Å². The van der Waals surface area contributed by atoms with Crippen molar-refractivity contribution >= 4 is 17.2 Å². The van der Waals surface area contributed by atoms with Gasteiger partial charge in [-0.05, 0) is 30.9 Å². The van der Waals surface area contributed by atoms with E-state index in [4.69, 9.17) is 22.7 Å². The molecule has 4 heteroatoms. The normalized spacial score (nSPS) is 15.4. The molecule has 1 aliphatic carbocycles. The Morgan fingerprint density at radius 1 is 1.59 bits per heavy atom. The molecule has 1 aliphatic rings. The van der Waals surface area contributed by atoms with E-state index in [1.54, 1.807) is 6.20 Å². The second-order valence-corrected chi connectivity index (χ2v) is 5.05. The van der Waals surface area contributed by atoms with Crippen molar-refractivity contribution in [3.8, 4) is 5.88 Å². The van der Waals surface area contributed by atoms with Gasteiger partial charge in [-0.25, -0.2) is 4.98 Å². The monoisotopic (exact) mass is 250 g/mol.